The van der Waals surface area contributed by atoms with E-state index in [1.165, 1.54) is 0 Å². The summed E-state index contributed by atoms with van der Waals surface area (Å²) in [5.41, 5.74) is 0. The first-order valence-corrected chi connectivity index (χ1v) is 6.30. The first kappa shape index (κ1) is 14.1. The Bertz CT molecular complexity index is 298. The van der Waals surface area contributed by atoms with E-state index in [-0.39, 0.29) is 0 Å². The highest BCUT2D eigenvalue weighted by Gasteiger charge is 2.01. The Hall–Kier alpha value is -0.940. The molecule has 5 nitrogen and oxygen atoms in total. The molecule has 0 fully saturated rings. The molecule has 0 aliphatic rings. The summed E-state index contributed by atoms with van der Waals surface area (Å²) in [5.74, 6) is 1.53. The van der Waals surface area contributed by atoms with Crippen LogP contribution in [0.5, 0.6) is 0 Å². The van der Waals surface area contributed by atoms with Crippen LogP contribution < -0.4 is 5.32 Å². The molecule has 0 spiro atoms. The summed E-state index contributed by atoms with van der Waals surface area (Å²) in [6, 6.07) is 0. The third-order valence-corrected chi connectivity index (χ3v) is 2.41. The molecule has 0 aromatic carbocycles. The number of hydrogen-bond acceptors (Lipinski definition) is 4. The normalized spacial score (nSPS) is 11.3. The Morgan fingerprint density at radius 1 is 1.41 bits per heavy atom. The van der Waals surface area contributed by atoms with Gasteiger partial charge in [0.1, 0.15) is 6.33 Å². The Morgan fingerprint density at radius 3 is 2.94 bits per heavy atom. The molecule has 0 saturated carbocycles. The van der Waals surface area contributed by atoms with E-state index in [1.807, 2.05) is 4.68 Å². The fourth-order valence-electron chi connectivity index (χ4n) is 1.51. The number of hydrogen-bond donors (Lipinski definition) is 1. The van der Waals surface area contributed by atoms with Crippen molar-refractivity contribution in [1.29, 1.82) is 0 Å². The molecule has 0 radical (unpaired) electrons. The summed E-state index contributed by atoms with van der Waals surface area (Å²) in [7, 11) is 1.73. The average Bonchev–Trinajstić information content (AvgIpc) is 2.72. The number of ether oxygens (including phenoxy) is 1. The Morgan fingerprint density at radius 2 is 2.24 bits per heavy atom. The van der Waals surface area contributed by atoms with E-state index in [2.05, 4.69) is 29.2 Å². The standard InChI is InChI=1S/C12H24N4O/c1-11(2)8-13-9-12-14-10-16(15-12)6-4-5-7-17-3/h10-11,13H,4-9H2,1-3H3. The van der Waals surface area contributed by atoms with Gasteiger partial charge in [-0.15, -0.1) is 0 Å². The molecule has 1 aromatic heterocycles. The zero-order chi connectivity index (χ0) is 12.5. The lowest BCUT2D eigenvalue weighted by atomic mass is 10.2. The maximum absolute atomic E-state index is 5.01. The predicted molar refractivity (Wildman–Crippen MR) is 67.7 cm³/mol. The first-order valence-electron chi connectivity index (χ1n) is 6.30. The van der Waals surface area contributed by atoms with Crippen molar-refractivity contribution in [2.75, 3.05) is 20.3 Å². The van der Waals surface area contributed by atoms with Crippen LogP contribution in [0.15, 0.2) is 6.33 Å². The summed E-state index contributed by atoms with van der Waals surface area (Å²) in [6.07, 6.45) is 3.95. The van der Waals surface area contributed by atoms with Gasteiger partial charge in [0.15, 0.2) is 5.82 Å². The van der Waals surface area contributed by atoms with Gasteiger partial charge in [-0.2, -0.15) is 5.10 Å². The topological polar surface area (TPSA) is 52.0 Å². The van der Waals surface area contributed by atoms with Gasteiger partial charge in [-0.25, -0.2) is 4.98 Å². The molecule has 1 aromatic rings. The van der Waals surface area contributed by atoms with Gasteiger partial charge in [0.05, 0.1) is 6.54 Å². The Labute approximate surface area is 104 Å². The van der Waals surface area contributed by atoms with Crippen molar-refractivity contribution in [3.05, 3.63) is 12.2 Å². The zero-order valence-corrected chi connectivity index (χ0v) is 11.1. The van der Waals surface area contributed by atoms with Gasteiger partial charge < -0.3 is 10.1 Å². The van der Waals surface area contributed by atoms with Gasteiger partial charge >= 0.3 is 0 Å². The molecule has 0 aliphatic carbocycles. The molecule has 0 atom stereocenters. The van der Waals surface area contributed by atoms with Crippen molar-refractivity contribution in [3.63, 3.8) is 0 Å². The molecule has 0 saturated heterocycles. The summed E-state index contributed by atoms with van der Waals surface area (Å²) >= 11 is 0. The van der Waals surface area contributed by atoms with Gasteiger partial charge in [0, 0.05) is 20.3 Å². The van der Waals surface area contributed by atoms with E-state index in [9.17, 15) is 0 Å². The van der Waals surface area contributed by atoms with Crippen LogP contribution in [0, 0.1) is 5.92 Å². The van der Waals surface area contributed by atoms with Crippen molar-refractivity contribution in [3.8, 4) is 0 Å². The van der Waals surface area contributed by atoms with Gasteiger partial charge in [0.25, 0.3) is 0 Å². The van der Waals surface area contributed by atoms with Crippen molar-refractivity contribution >= 4 is 0 Å². The Kier molecular flexibility index (Phi) is 6.81. The number of aryl methyl sites for hydroxylation is 1. The number of nitrogens with zero attached hydrogens (tertiary/aromatic N) is 3. The number of unbranched alkanes of at least 4 members (excludes halogenated alkanes) is 1. The second kappa shape index (κ2) is 8.20. The van der Waals surface area contributed by atoms with Crippen LogP contribution in [0.1, 0.15) is 32.5 Å². The van der Waals surface area contributed by atoms with Crippen molar-refractivity contribution in [2.45, 2.75) is 39.8 Å². The molecule has 1 heterocycles. The summed E-state index contributed by atoms with van der Waals surface area (Å²) in [6.45, 7) is 7.87. The largest absolute Gasteiger partial charge is 0.385 e. The summed E-state index contributed by atoms with van der Waals surface area (Å²) in [5, 5.41) is 7.74. The first-order chi connectivity index (χ1) is 8.22. The van der Waals surface area contributed by atoms with Crippen LogP contribution in [0.3, 0.4) is 0 Å². The molecule has 5 heteroatoms. The maximum Gasteiger partial charge on any atom is 0.164 e. The van der Waals surface area contributed by atoms with Crippen LogP contribution >= 0.6 is 0 Å². The maximum atomic E-state index is 5.01. The van der Waals surface area contributed by atoms with Gasteiger partial charge in [-0.3, -0.25) is 4.68 Å². The number of aromatic nitrogens is 3. The lowest BCUT2D eigenvalue weighted by Crippen LogP contribution is -2.19. The molecule has 1 N–H and O–H groups in total. The third-order valence-electron chi connectivity index (χ3n) is 2.41. The lowest BCUT2D eigenvalue weighted by Gasteiger charge is -2.04. The van der Waals surface area contributed by atoms with E-state index < -0.39 is 0 Å². The van der Waals surface area contributed by atoms with Crippen molar-refractivity contribution in [2.24, 2.45) is 5.92 Å². The molecule has 0 amide bonds. The second-order valence-electron chi connectivity index (χ2n) is 4.65. The molecule has 1 rings (SSSR count). The third kappa shape index (κ3) is 6.38. The molecule has 0 aliphatic heterocycles. The van der Waals surface area contributed by atoms with E-state index in [4.69, 9.17) is 4.74 Å². The van der Waals surface area contributed by atoms with Crippen LogP contribution in [-0.4, -0.2) is 35.0 Å². The summed E-state index contributed by atoms with van der Waals surface area (Å²) < 4.78 is 6.91. The van der Waals surface area contributed by atoms with Gasteiger partial charge in [-0.05, 0) is 25.3 Å². The predicted octanol–water partition coefficient (Wildman–Crippen LogP) is 1.45. The highest BCUT2D eigenvalue weighted by Crippen LogP contribution is 1.96. The van der Waals surface area contributed by atoms with Crippen LogP contribution in [-0.2, 0) is 17.8 Å². The highest BCUT2D eigenvalue weighted by atomic mass is 16.5. The van der Waals surface area contributed by atoms with Gasteiger partial charge in [0.2, 0.25) is 0 Å². The summed E-state index contributed by atoms with van der Waals surface area (Å²) in [4.78, 5) is 4.27. The smallest absolute Gasteiger partial charge is 0.164 e. The number of rotatable bonds is 9. The lowest BCUT2D eigenvalue weighted by molar-refractivity contribution is 0.191. The molecular formula is C12H24N4O. The molecule has 0 bridgehead atoms. The van der Waals surface area contributed by atoms with E-state index in [0.717, 1.165) is 44.9 Å². The number of nitrogens with one attached hydrogen (secondary N) is 1. The van der Waals surface area contributed by atoms with Gasteiger partial charge in [-0.1, -0.05) is 13.8 Å². The molecular weight excluding hydrogens is 216 g/mol. The highest BCUT2D eigenvalue weighted by molar-refractivity contribution is 4.80. The Balaban J connectivity index is 2.18. The van der Waals surface area contributed by atoms with Crippen molar-refractivity contribution < 1.29 is 4.74 Å². The van der Waals surface area contributed by atoms with Crippen LogP contribution in [0.4, 0.5) is 0 Å². The minimum Gasteiger partial charge on any atom is -0.385 e. The van der Waals surface area contributed by atoms with Crippen molar-refractivity contribution in [1.82, 2.24) is 20.1 Å². The zero-order valence-electron chi connectivity index (χ0n) is 11.1. The van der Waals surface area contributed by atoms with E-state index in [0.29, 0.717) is 5.92 Å². The van der Waals surface area contributed by atoms with E-state index in [1.54, 1.807) is 13.4 Å². The minimum absolute atomic E-state index is 0.658. The van der Waals surface area contributed by atoms with E-state index >= 15 is 0 Å². The quantitative estimate of drug-likeness (QED) is 0.664. The fraction of sp³-hybridized carbons (Fsp3) is 0.833. The SMILES string of the molecule is COCCCCn1cnc(CNCC(C)C)n1. The minimum atomic E-state index is 0.658. The number of methoxy groups -OCH3 is 1. The fourth-order valence-corrected chi connectivity index (χ4v) is 1.51. The molecule has 0 unspecified atom stereocenters. The molecule has 17 heavy (non-hydrogen) atoms. The second-order valence-corrected chi connectivity index (χ2v) is 4.65. The monoisotopic (exact) mass is 240 g/mol. The average molecular weight is 240 g/mol. The van der Waals surface area contributed by atoms with Crippen LogP contribution in [0.25, 0.3) is 0 Å². The molecule has 98 valence electrons. The van der Waals surface area contributed by atoms with Crippen LogP contribution in [0.2, 0.25) is 0 Å².